The van der Waals surface area contributed by atoms with E-state index in [1.54, 1.807) is 60.9 Å². The summed E-state index contributed by atoms with van der Waals surface area (Å²) >= 11 is 17.3. The number of carbonyl (C=O) groups excluding carboxylic acids is 1. The van der Waals surface area contributed by atoms with E-state index < -0.39 is 0 Å². The number of nitrogens with zero attached hydrogens (tertiary/aromatic N) is 1. The van der Waals surface area contributed by atoms with E-state index in [9.17, 15) is 4.79 Å². The van der Waals surface area contributed by atoms with Crippen LogP contribution in [0.2, 0.25) is 10.0 Å². The van der Waals surface area contributed by atoms with Gasteiger partial charge in [-0.05, 0) is 60.7 Å². The molecular weight excluding hydrogens is 431 g/mol. The Hall–Kier alpha value is -2.87. The van der Waals surface area contributed by atoms with Gasteiger partial charge >= 0.3 is 0 Å². The van der Waals surface area contributed by atoms with Crippen molar-refractivity contribution < 1.29 is 9.53 Å². The maximum absolute atomic E-state index is 12.5. The van der Waals surface area contributed by atoms with Gasteiger partial charge in [-0.25, -0.2) is 0 Å². The molecule has 3 rings (SSSR count). The number of pyridine rings is 1. The van der Waals surface area contributed by atoms with Crippen molar-refractivity contribution in [1.29, 1.82) is 0 Å². The zero-order chi connectivity index (χ0) is 20.8. The molecular formula is C20H16Cl2N4O2S. The van der Waals surface area contributed by atoms with Crippen LogP contribution in [0, 0.1) is 0 Å². The lowest BCUT2D eigenvalue weighted by Gasteiger charge is -2.15. The standard InChI is InChI=1S/C20H16Cl2N4O2S/c1-28-18-7-4-12(19(27)24-14-3-2-8-23-11-14)9-17(18)26-20(29)25-13-5-6-15(21)16(22)10-13/h2-11H,1H3,(H,24,27)(H2,25,26,29). The summed E-state index contributed by atoms with van der Waals surface area (Å²) < 4.78 is 5.35. The molecule has 9 heteroatoms. The molecule has 1 amide bonds. The fourth-order valence-electron chi connectivity index (χ4n) is 2.45. The Kier molecular flexibility index (Phi) is 6.87. The number of thiocarbonyl (C=S) groups is 1. The van der Waals surface area contributed by atoms with Crippen LogP contribution in [0.15, 0.2) is 60.9 Å². The van der Waals surface area contributed by atoms with Crippen LogP contribution in [0.1, 0.15) is 10.4 Å². The lowest BCUT2D eigenvalue weighted by Crippen LogP contribution is -2.20. The van der Waals surface area contributed by atoms with Crippen molar-refractivity contribution in [1.82, 2.24) is 4.98 Å². The molecule has 0 spiro atoms. The Morgan fingerprint density at radius 1 is 1.00 bits per heavy atom. The highest BCUT2D eigenvalue weighted by Crippen LogP contribution is 2.28. The molecule has 0 aliphatic rings. The molecule has 6 nitrogen and oxygen atoms in total. The lowest BCUT2D eigenvalue weighted by molar-refractivity contribution is 0.102. The van der Waals surface area contributed by atoms with Crippen molar-refractivity contribution in [2.45, 2.75) is 0 Å². The Balaban J connectivity index is 1.75. The third-order valence-corrected chi connectivity index (χ3v) is 4.75. The molecule has 1 aromatic heterocycles. The summed E-state index contributed by atoms with van der Waals surface area (Å²) in [5.74, 6) is 0.244. The average Bonchev–Trinajstić information content (AvgIpc) is 2.71. The zero-order valence-corrected chi connectivity index (χ0v) is 17.5. The van der Waals surface area contributed by atoms with Crippen LogP contribution in [0.5, 0.6) is 5.75 Å². The third-order valence-electron chi connectivity index (χ3n) is 3.81. The van der Waals surface area contributed by atoms with Gasteiger partial charge in [0.25, 0.3) is 5.91 Å². The van der Waals surface area contributed by atoms with E-state index in [-0.39, 0.29) is 5.91 Å². The summed E-state index contributed by atoms with van der Waals surface area (Å²) in [6.45, 7) is 0. The molecule has 0 radical (unpaired) electrons. The quantitative estimate of drug-likeness (QED) is 0.451. The summed E-state index contributed by atoms with van der Waals surface area (Å²) in [5, 5.41) is 9.98. The van der Waals surface area contributed by atoms with Gasteiger partial charge in [-0.15, -0.1) is 0 Å². The molecule has 0 fully saturated rings. The van der Waals surface area contributed by atoms with Crippen LogP contribution < -0.4 is 20.7 Å². The first-order chi connectivity index (χ1) is 14.0. The number of halogens is 2. The minimum Gasteiger partial charge on any atom is -0.495 e. The first kappa shape index (κ1) is 20.9. The number of hydrogen-bond acceptors (Lipinski definition) is 4. The summed E-state index contributed by atoms with van der Waals surface area (Å²) in [4.78, 5) is 16.5. The first-order valence-corrected chi connectivity index (χ1v) is 9.55. The smallest absolute Gasteiger partial charge is 0.255 e. The SMILES string of the molecule is COc1ccc(C(=O)Nc2cccnc2)cc1NC(=S)Nc1ccc(Cl)c(Cl)c1. The fraction of sp³-hybridized carbons (Fsp3) is 0.0500. The van der Waals surface area contributed by atoms with Crippen LogP contribution in [-0.4, -0.2) is 23.1 Å². The molecule has 1 heterocycles. The Labute approximate surface area is 183 Å². The number of nitrogens with one attached hydrogen (secondary N) is 3. The number of rotatable bonds is 5. The van der Waals surface area contributed by atoms with E-state index in [1.807, 2.05) is 0 Å². The number of amides is 1. The summed E-state index contributed by atoms with van der Waals surface area (Å²) in [6, 6.07) is 13.6. The second-order valence-corrected chi connectivity index (χ2v) is 7.04. The van der Waals surface area contributed by atoms with Gasteiger partial charge in [0.1, 0.15) is 5.75 Å². The van der Waals surface area contributed by atoms with Crippen LogP contribution in [-0.2, 0) is 0 Å². The maximum atomic E-state index is 12.5. The average molecular weight is 447 g/mol. The van der Waals surface area contributed by atoms with E-state index in [2.05, 4.69) is 20.9 Å². The highest BCUT2D eigenvalue weighted by molar-refractivity contribution is 7.80. The molecule has 0 saturated heterocycles. The van der Waals surface area contributed by atoms with E-state index in [0.717, 1.165) is 0 Å². The highest BCUT2D eigenvalue weighted by atomic mass is 35.5. The van der Waals surface area contributed by atoms with Crippen molar-refractivity contribution >= 4 is 63.5 Å². The molecule has 0 saturated carbocycles. The third kappa shape index (κ3) is 5.57. The second-order valence-electron chi connectivity index (χ2n) is 5.82. The predicted octanol–water partition coefficient (Wildman–Crippen LogP) is 5.46. The minimum absolute atomic E-state index is 0.285. The fourth-order valence-corrected chi connectivity index (χ4v) is 2.97. The maximum Gasteiger partial charge on any atom is 0.255 e. The Morgan fingerprint density at radius 3 is 2.52 bits per heavy atom. The number of anilines is 3. The van der Waals surface area contributed by atoms with Crippen LogP contribution in [0.25, 0.3) is 0 Å². The predicted molar refractivity (Wildman–Crippen MR) is 121 cm³/mol. The molecule has 29 heavy (non-hydrogen) atoms. The van der Waals surface area contributed by atoms with Gasteiger partial charge in [-0.1, -0.05) is 23.2 Å². The van der Waals surface area contributed by atoms with Gasteiger partial charge in [0.15, 0.2) is 5.11 Å². The zero-order valence-electron chi connectivity index (χ0n) is 15.2. The van der Waals surface area contributed by atoms with Crippen LogP contribution in [0.3, 0.4) is 0 Å². The molecule has 2 aromatic carbocycles. The molecule has 0 atom stereocenters. The van der Waals surface area contributed by atoms with Crippen molar-refractivity contribution in [3.8, 4) is 5.75 Å². The number of aromatic nitrogens is 1. The van der Waals surface area contributed by atoms with Gasteiger partial charge in [0.05, 0.1) is 34.7 Å². The van der Waals surface area contributed by atoms with Crippen molar-refractivity contribution in [2.75, 3.05) is 23.1 Å². The van der Waals surface area contributed by atoms with E-state index in [1.165, 1.54) is 7.11 Å². The van der Waals surface area contributed by atoms with Gasteiger partial charge < -0.3 is 20.7 Å². The molecule has 0 bridgehead atoms. The van der Waals surface area contributed by atoms with Gasteiger partial charge in [-0.2, -0.15) is 0 Å². The van der Waals surface area contributed by atoms with E-state index in [4.69, 9.17) is 40.2 Å². The monoisotopic (exact) mass is 446 g/mol. The number of carbonyl (C=O) groups is 1. The van der Waals surface area contributed by atoms with Crippen LogP contribution >= 0.6 is 35.4 Å². The summed E-state index contributed by atoms with van der Waals surface area (Å²) in [5.41, 5.74) is 2.22. The second kappa shape index (κ2) is 9.56. The molecule has 148 valence electrons. The van der Waals surface area contributed by atoms with Crippen molar-refractivity contribution in [2.24, 2.45) is 0 Å². The number of ether oxygens (including phenoxy) is 1. The Bertz CT molecular complexity index is 1050. The van der Waals surface area contributed by atoms with Gasteiger partial charge in [0.2, 0.25) is 0 Å². The molecule has 3 aromatic rings. The summed E-state index contributed by atoms with van der Waals surface area (Å²) in [7, 11) is 1.53. The van der Waals surface area contributed by atoms with Crippen molar-refractivity contribution in [3.63, 3.8) is 0 Å². The number of benzene rings is 2. The topological polar surface area (TPSA) is 75.3 Å². The molecule has 0 aliphatic carbocycles. The van der Waals surface area contributed by atoms with E-state index >= 15 is 0 Å². The van der Waals surface area contributed by atoms with E-state index in [0.29, 0.717) is 43.5 Å². The summed E-state index contributed by atoms with van der Waals surface area (Å²) in [6.07, 6.45) is 3.20. The first-order valence-electron chi connectivity index (χ1n) is 8.39. The minimum atomic E-state index is -0.285. The lowest BCUT2D eigenvalue weighted by atomic mass is 10.1. The molecule has 0 aliphatic heterocycles. The highest BCUT2D eigenvalue weighted by Gasteiger charge is 2.12. The molecule has 0 unspecified atom stereocenters. The number of hydrogen-bond donors (Lipinski definition) is 3. The number of methoxy groups -OCH3 is 1. The molecule has 3 N–H and O–H groups in total. The van der Waals surface area contributed by atoms with Gasteiger partial charge in [-0.3, -0.25) is 9.78 Å². The van der Waals surface area contributed by atoms with Gasteiger partial charge in [0, 0.05) is 17.4 Å². The van der Waals surface area contributed by atoms with Crippen molar-refractivity contribution in [3.05, 3.63) is 76.5 Å². The van der Waals surface area contributed by atoms with Crippen LogP contribution in [0.4, 0.5) is 17.1 Å². The normalized spacial score (nSPS) is 10.2. The largest absolute Gasteiger partial charge is 0.495 e. The Morgan fingerprint density at radius 2 is 1.83 bits per heavy atom.